The van der Waals surface area contributed by atoms with E-state index in [2.05, 4.69) is 15.2 Å². The van der Waals surface area contributed by atoms with E-state index in [-0.39, 0.29) is 23.0 Å². The maximum atomic E-state index is 12.7. The van der Waals surface area contributed by atoms with E-state index in [9.17, 15) is 18.0 Å². The van der Waals surface area contributed by atoms with Crippen LogP contribution in [0, 0.1) is 6.92 Å². The number of benzene rings is 2. The molecule has 2 heterocycles. The smallest absolute Gasteiger partial charge is 0.263 e. The van der Waals surface area contributed by atoms with Gasteiger partial charge < -0.3 is 9.84 Å². The highest BCUT2D eigenvalue weighted by Gasteiger charge is 2.39. The van der Waals surface area contributed by atoms with Crippen molar-refractivity contribution >= 4 is 50.6 Å². The normalized spacial score (nSPS) is 16.6. The molecule has 3 aromatic rings. The van der Waals surface area contributed by atoms with Crippen LogP contribution in [0.15, 0.2) is 64.0 Å². The van der Waals surface area contributed by atoms with Gasteiger partial charge in [-0.05, 0) is 49.4 Å². The third-order valence-corrected chi connectivity index (χ3v) is 6.19. The molecule has 0 bridgehead atoms. The van der Waals surface area contributed by atoms with Gasteiger partial charge in [-0.1, -0.05) is 22.8 Å². The summed E-state index contributed by atoms with van der Waals surface area (Å²) in [6.45, 7) is 1.65. The number of halogens is 1. The standard InChI is InChI=1S/C20H17ClN4O5S/c1-12-9-18(23-30-12)24-31(28,29)16-7-5-14(6-8-16)22-17-11-19(26)25(20(17)27)15-4-2-3-13(21)10-15/h2-10,17,22H,11H2,1H3,(H,23,24)/t17-/m0/s1. The van der Waals surface area contributed by atoms with Gasteiger partial charge in [0.25, 0.3) is 15.9 Å². The molecular weight excluding hydrogens is 444 g/mol. The summed E-state index contributed by atoms with van der Waals surface area (Å²) in [4.78, 5) is 26.2. The maximum Gasteiger partial charge on any atom is 0.263 e. The molecule has 0 aliphatic carbocycles. The van der Waals surface area contributed by atoms with Crippen LogP contribution in [0.5, 0.6) is 0 Å². The summed E-state index contributed by atoms with van der Waals surface area (Å²) in [6.07, 6.45) is -0.0293. The zero-order valence-electron chi connectivity index (χ0n) is 16.2. The number of aryl methyl sites for hydroxylation is 1. The fourth-order valence-corrected chi connectivity index (χ4v) is 4.34. The molecule has 2 aromatic carbocycles. The largest absolute Gasteiger partial charge is 0.373 e. The van der Waals surface area contributed by atoms with E-state index in [1.54, 1.807) is 31.2 Å². The number of anilines is 3. The highest BCUT2D eigenvalue weighted by molar-refractivity contribution is 7.92. The van der Waals surface area contributed by atoms with Crippen LogP contribution in [0.4, 0.5) is 17.2 Å². The first-order valence-corrected chi connectivity index (χ1v) is 11.0. The molecule has 2 N–H and O–H groups in total. The Morgan fingerprint density at radius 3 is 2.52 bits per heavy atom. The lowest BCUT2D eigenvalue weighted by atomic mass is 10.2. The number of amides is 2. The minimum atomic E-state index is -3.85. The van der Waals surface area contributed by atoms with Crippen molar-refractivity contribution in [3.8, 4) is 0 Å². The number of rotatable bonds is 6. The molecular formula is C20H17ClN4O5S. The van der Waals surface area contributed by atoms with Gasteiger partial charge in [0.2, 0.25) is 5.91 Å². The van der Waals surface area contributed by atoms with Crippen molar-refractivity contribution in [3.05, 3.63) is 65.4 Å². The molecule has 9 nitrogen and oxygen atoms in total. The number of nitrogens with zero attached hydrogens (tertiary/aromatic N) is 2. The lowest BCUT2D eigenvalue weighted by molar-refractivity contribution is -0.121. The number of imide groups is 1. The second-order valence-electron chi connectivity index (χ2n) is 6.90. The molecule has 1 aromatic heterocycles. The number of carbonyl (C=O) groups excluding carboxylic acids is 2. The number of nitrogens with one attached hydrogen (secondary N) is 2. The second-order valence-corrected chi connectivity index (χ2v) is 9.02. The molecule has 1 fully saturated rings. The van der Waals surface area contributed by atoms with Gasteiger partial charge in [0.15, 0.2) is 5.82 Å². The summed E-state index contributed by atoms with van der Waals surface area (Å²) in [5, 5.41) is 7.00. The molecule has 1 aliphatic rings. The van der Waals surface area contributed by atoms with Gasteiger partial charge in [0.1, 0.15) is 11.8 Å². The van der Waals surface area contributed by atoms with Crippen LogP contribution >= 0.6 is 11.6 Å². The Morgan fingerprint density at radius 1 is 1.13 bits per heavy atom. The van der Waals surface area contributed by atoms with E-state index in [1.165, 1.54) is 30.3 Å². The Labute approximate surface area is 183 Å². The molecule has 1 aliphatic heterocycles. The Morgan fingerprint density at radius 2 is 1.87 bits per heavy atom. The van der Waals surface area contributed by atoms with Crippen LogP contribution < -0.4 is 14.9 Å². The highest BCUT2D eigenvalue weighted by Crippen LogP contribution is 2.27. The summed E-state index contributed by atoms with van der Waals surface area (Å²) < 4.78 is 32.1. The first-order valence-electron chi connectivity index (χ1n) is 9.18. The van der Waals surface area contributed by atoms with E-state index in [0.717, 1.165) is 4.90 Å². The van der Waals surface area contributed by atoms with Gasteiger partial charge in [-0.3, -0.25) is 14.3 Å². The second kappa shape index (κ2) is 8.05. The molecule has 0 spiro atoms. The molecule has 4 rings (SSSR count). The zero-order valence-corrected chi connectivity index (χ0v) is 17.8. The average molecular weight is 461 g/mol. The Hall–Kier alpha value is -3.37. The Kier molecular flexibility index (Phi) is 5.42. The fraction of sp³-hybridized carbons (Fsp3) is 0.150. The van der Waals surface area contributed by atoms with E-state index < -0.39 is 22.0 Å². The lowest BCUT2D eigenvalue weighted by Gasteiger charge is -2.16. The van der Waals surface area contributed by atoms with Crippen molar-refractivity contribution in [1.82, 2.24) is 5.16 Å². The van der Waals surface area contributed by atoms with Gasteiger partial charge in [0.05, 0.1) is 17.0 Å². The van der Waals surface area contributed by atoms with Crippen molar-refractivity contribution < 1.29 is 22.5 Å². The molecule has 31 heavy (non-hydrogen) atoms. The van der Waals surface area contributed by atoms with Gasteiger partial charge >= 0.3 is 0 Å². The highest BCUT2D eigenvalue weighted by atomic mass is 35.5. The molecule has 1 saturated heterocycles. The van der Waals surface area contributed by atoms with Crippen LogP contribution in [-0.2, 0) is 19.6 Å². The number of sulfonamides is 1. The minimum absolute atomic E-state index is 0.00748. The molecule has 0 unspecified atom stereocenters. The van der Waals surface area contributed by atoms with Crippen LogP contribution in [0.2, 0.25) is 5.02 Å². The van der Waals surface area contributed by atoms with Crippen molar-refractivity contribution in [2.24, 2.45) is 0 Å². The number of carbonyl (C=O) groups is 2. The Balaban J connectivity index is 1.47. The molecule has 2 amide bonds. The predicted molar refractivity (Wildman–Crippen MR) is 114 cm³/mol. The zero-order chi connectivity index (χ0) is 22.2. The number of hydrogen-bond donors (Lipinski definition) is 2. The molecule has 1 atom stereocenters. The first kappa shape index (κ1) is 20.9. The van der Waals surface area contributed by atoms with Crippen LogP contribution in [-0.4, -0.2) is 31.4 Å². The summed E-state index contributed by atoms with van der Waals surface area (Å²) in [7, 11) is -3.85. The van der Waals surface area contributed by atoms with Crippen LogP contribution in [0.1, 0.15) is 12.2 Å². The van der Waals surface area contributed by atoms with E-state index in [4.69, 9.17) is 16.1 Å². The van der Waals surface area contributed by atoms with Gasteiger partial charge in [0, 0.05) is 16.8 Å². The van der Waals surface area contributed by atoms with Crippen molar-refractivity contribution in [1.29, 1.82) is 0 Å². The maximum absolute atomic E-state index is 12.7. The van der Waals surface area contributed by atoms with Crippen molar-refractivity contribution in [2.45, 2.75) is 24.3 Å². The minimum Gasteiger partial charge on any atom is -0.373 e. The van der Waals surface area contributed by atoms with Crippen LogP contribution in [0.3, 0.4) is 0 Å². The monoisotopic (exact) mass is 460 g/mol. The Bertz CT molecular complexity index is 1260. The van der Waals surface area contributed by atoms with Gasteiger partial charge in [-0.2, -0.15) is 0 Å². The predicted octanol–water partition coefficient (Wildman–Crippen LogP) is 3.18. The summed E-state index contributed by atoms with van der Waals surface area (Å²) >= 11 is 5.96. The number of aromatic nitrogens is 1. The molecule has 160 valence electrons. The quantitative estimate of drug-likeness (QED) is 0.541. The van der Waals surface area contributed by atoms with Gasteiger partial charge in [-0.25, -0.2) is 13.3 Å². The average Bonchev–Trinajstić information content (AvgIpc) is 3.23. The SMILES string of the molecule is Cc1cc(NS(=O)(=O)c2ccc(N[C@H]3CC(=O)N(c4cccc(Cl)c4)C3=O)cc2)no1. The fourth-order valence-electron chi connectivity index (χ4n) is 3.17. The van der Waals surface area contributed by atoms with Crippen molar-refractivity contribution in [3.63, 3.8) is 0 Å². The summed E-state index contributed by atoms with van der Waals surface area (Å²) in [5.74, 6) is -0.209. The van der Waals surface area contributed by atoms with E-state index in [0.29, 0.717) is 22.2 Å². The van der Waals surface area contributed by atoms with Crippen LogP contribution in [0.25, 0.3) is 0 Å². The van der Waals surface area contributed by atoms with Gasteiger partial charge in [-0.15, -0.1) is 0 Å². The third-order valence-electron chi connectivity index (χ3n) is 4.59. The van der Waals surface area contributed by atoms with E-state index in [1.807, 2.05) is 0 Å². The first-order chi connectivity index (χ1) is 14.7. The summed E-state index contributed by atoms with van der Waals surface area (Å²) in [5.41, 5.74) is 0.901. The topological polar surface area (TPSA) is 122 Å². The summed E-state index contributed by atoms with van der Waals surface area (Å²) in [6, 6.07) is 13.0. The lowest BCUT2D eigenvalue weighted by Crippen LogP contribution is -2.34. The number of hydrogen-bond acceptors (Lipinski definition) is 7. The molecule has 0 saturated carbocycles. The molecule has 11 heteroatoms. The molecule has 0 radical (unpaired) electrons. The van der Waals surface area contributed by atoms with Crippen molar-refractivity contribution in [2.75, 3.05) is 14.9 Å². The third kappa shape index (κ3) is 4.39. The van der Waals surface area contributed by atoms with E-state index >= 15 is 0 Å².